The highest BCUT2D eigenvalue weighted by Gasteiger charge is 2.30. The maximum Gasteiger partial charge on any atom is 0.255 e. The van der Waals surface area contributed by atoms with Crippen molar-refractivity contribution in [3.05, 3.63) is 53.6 Å². The molecule has 1 N–H and O–H groups in total. The van der Waals surface area contributed by atoms with Gasteiger partial charge in [-0.05, 0) is 43.5 Å². The summed E-state index contributed by atoms with van der Waals surface area (Å²) in [5.74, 6) is 0.924. The number of nitrogens with zero attached hydrogens (tertiary/aromatic N) is 3. The highest BCUT2D eigenvalue weighted by molar-refractivity contribution is 5.82. The summed E-state index contributed by atoms with van der Waals surface area (Å²) in [5, 5.41) is 7.73. The topological polar surface area (TPSA) is 73.1 Å². The Balaban J connectivity index is 1.35. The predicted molar refractivity (Wildman–Crippen MR) is 89.3 cm³/mol. The van der Waals surface area contributed by atoms with Crippen LogP contribution in [0.1, 0.15) is 36.2 Å². The molecule has 130 valence electrons. The lowest BCUT2D eigenvalue weighted by molar-refractivity contribution is 0.0264. The SMILES string of the molecule is Cc1noc([C@@H]2CC[C@H](CNCc3ccc(F)c4cccnc34)O2)n1. The van der Waals surface area contributed by atoms with Crippen LogP contribution in [0.4, 0.5) is 4.39 Å². The van der Waals surface area contributed by atoms with Crippen molar-refractivity contribution in [1.29, 1.82) is 0 Å². The van der Waals surface area contributed by atoms with Crippen LogP contribution in [0.5, 0.6) is 0 Å². The molecule has 1 aliphatic rings. The Morgan fingerprint density at radius 3 is 3.04 bits per heavy atom. The number of benzene rings is 1. The Bertz CT molecular complexity index is 882. The van der Waals surface area contributed by atoms with Crippen LogP contribution in [0.3, 0.4) is 0 Å². The van der Waals surface area contributed by atoms with Gasteiger partial charge in [-0.3, -0.25) is 4.98 Å². The number of rotatable bonds is 5. The normalized spacial score (nSPS) is 20.4. The summed E-state index contributed by atoms with van der Waals surface area (Å²) in [6.45, 7) is 3.11. The average molecular weight is 342 g/mol. The summed E-state index contributed by atoms with van der Waals surface area (Å²) in [6.07, 6.45) is 3.46. The Morgan fingerprint density at radius 2 is 2.20 bits per heavy atom. The van der Waals surface area contributed by atoms with E-state index >= 15 is 0 Å². The average Bonchev–Trinajstić information content (AvgIpc) is 3.26. The maximum atomic E-state index is 13.8. The van der Waals surface area contributed by atoms with Gasteiger partial charge in [-0.25, -0.2) is 4.39 Å². The lowest BCUT2D eigenvalue weighted by Crippen LogP contribution is -2.26. The molecule has 3 aromatic rings. The standard InChI is InChI=1S/C18H19FN4O2/c1-11-22-18(25-23-11)16-7-5-13(24-16)10-20-9-12-4-6-15(19)14-3-2-8-21-17(12)14/h2-4,6,8,13,16,20H,5,7,9-10H2,1H3/t13-,16+/m1/s1. The molecule has 7 heteroatoms. The minimum Gasteiger partial charge on any atom is -0.364 e. The van der Waals surface area contributed by atoms with E-state index in [0.717, 1.165) is 18.4 Å². The number of nitrogens with one attached hydrogen (secondary N) is 1. The Labute approximate surface area is 144 Å². The van der Waals surface area contributed by atoms with Gasteiger partial charge in [0.25, 0.3) is 5.89 Å². The van der Waals surface area contributed by atoms with E-state index in [1.54, 1.807) is 31.3 Å². The van der Waals surface area contributed by atoms with Crippen molar-refractivity contribution in [2.45, 2.75) is 38.5 Å². The molecule has 2 aromatic heterocycles. The molecule has 4 rings (SSSR count). The monoisotopic (exact) mass is 342 g/mol. The molecule has 2 atom stereocenters. The van der Waals surface area contributed by atoms with Crippen molar-refractivity contribution in [2.24, 2.45) is 0 Å². The van der Waals surface area contributed by atoms with Crippen LogP contribution in [0.25, 0.3) is 10.9 Å². The third-order valence-corrected chi connectivity index (χ3v) is 4.41. The van der Waals surface area contributed by atoms with Gasteiger partial charge in [0.15, 0.2) is 5.82 Å². The fourth-order valence-corrected chi connectivity index (χ4v) is 3.19. The van der Waals surface area contributed by atoms with E-state index < -0.39 is 0 Å². The molecule has 1 saturated heterocycles. The molecule has 1 fully saturated rings. The number of hydrogen-bond donors (Lipinski definition) is 1. The van der Waals surface area contributed by atoms with Gasteiger partial charge >= 0.3 is 0 Å². The molecule has 0 unspecified atom stereocenters. The molecular weight excluding hydrogens is 323 g/mol. The van der Waals surface area contributed by atoms with Crippen LogP contribution in [0, 0.1) is 12.7 Å². The maximum absolute atomic E-state index is 13.8. The molecule has 0 amide bonds. The summed E-state index contributed by atoms with van der Waals surface area (Å²) >= 11 is 0. The molecule has 3 heterocycles. The van der Waals surface area contributed by atoms with Crippen LogP contribution in [0.15, 0.2) is 35.0 Å². The Hall–Kier alpha value is -2.38. The molecule has 6 nitrogen and oxygen atoms in total. The molecule has 0 radical (unpaired) electrons. The molecule has 25 heavy (non-hydrogen) atoms. The number of halogens is 1. The predicted octanol–water partition coefficient (Wildman–Crippen LogP) is 3.08. The number of ether oxygens (including phenoxy) is 1. The third kappa shape index (κ3) is 3.38. The lowest BCUT2D eigenvalue weighted by atomic mass is 10.1. The molecular formula is C18H19FN4O2. The smallest absolute Gasteiger partial charge is 0.255 e. The summed E-state index contributed by atoms with van der Waals surface area (Å²) < 4.78 is 25.0. The quantitative estimate of drug-likeness (QED) is 0.768. The first-order valence-electron chi connectivity index (χ1n) is 8.39. The van der Waals surface area contributed by atoms with Gasteiger partial charge in [-0.2, -0.15) is 4.98 Å². The zero-order chi connectivity index (χ0) is 17.2. The van der Waals surface area contributed by atoms with Crippen molar-refractivity contribution in [3.8, 4) is 0 Å². The van der Waals surface area contributed by atoms with Gasteiger partial charge in [0.2, 0.25) is 0 Å². The zero-order valence-electron chi connectivity index (χ0n) is 13.9. The number of aryl methyl sites for hydroxylation is 1. The molecule has 1 aromatic carbocycles. The number of fused-ring (bicyclic) bond motifs is 1. The zero-order valence-corrected chi connectivity index (χ0v) is 13.9. The van der Waals surface area contributed by atoms with Gasteiger partial charge in [0, 0.05) is 24.7 Å². The minimum atomic E-state index is -0.247. The van der Waals surface area contributed by atoms with Gasteiger partial charge in [0.05, 0.1) is 11.6 Å². The molecule has 0 aliphatic carbocycles. The number of hydrogen-bond acceptors (Lipinski definition) is 6. The summed E-state index contributed by atoms with van der Waals surface area (Å²) in [5.41, 5.74) is 1.67. The highest BCUT2D eigenvalue weighted by Crippen LogP contribution is 2.31. The summed E-state index contributed by atoms with van der Waals surface area (Å²) in [6, 6.07) is 6.75. The van der Waals surface area contributed by atoms with E-state index in [-0.39, 0.29) is 18.0 Å². The van der Waals surface area contributed by atoms with E-state index in [4.69, 9.17) is 9.26 Å². The number of aromatic nitrogens is 3. The van der Waals surface area contributed by atoms with Crippen molar-refractivity contribution in [2.75, 3.05) is 6.54 Å². The van der Waals surface area contributed by atoms with E-state index in [1.165, 1.54) is 6.07 Å². The Morgan fingerprint density at radius 1 is 1.28 bits per heavy atom. The van der Waals surface area contributed by atoms with Gasteiger partial charge in [-0.15, -0.1) is 0 Å². The van der Waals surface area contributed by atoms with Gasteiger partial charge in [0.1, 0.15) is 11.9 Å². The molecule has 0 saturated carbocycles. The fraction of sp³-hybridized carbons (Fsp3) is 0.389. The first-order valence-corrected chi connectivity index (χ1v) is 8.39. The second kappa shape index (κ2) is 6.85. The lowest BCUT2D eigenvalue weighted by Gasteiger charge is -2.13. The van der Waals surface area contributed by atoms with E-state index in [9.17, 15) is 4.39 Å². The van der Waals surface area contributed by atoms with Crippen molar-refractivity contribution < 1.29 is 13.7 Å². The summed E-state index contributed by atoms with van der Waals surface area (Å²) in [4.78, 5) is 8.54. The van der Waals surface area contributed by atoms with Crippen molar-refractivity contribution >= 4 is 10.9 Å². The van der Waals surface area contributed by atoms with Crippen LogP contribution in [-0.2, 0) is 11.3 Å². The number of pyridine rings is 1. The Kier molecular flexibility index (Phi) is 4.42. The first-order chi connectivity index (χ1) is 12.2. The van der Waals surface area contributed by atoms with Crippen LogP contribution < -0.4 is 5.32 Å². The van der Waals surface area contributed by atoms with Crippen molar-refractivity contribution in [1.82, 2.24) is 20.4 Å². The second-order valence-corrected chi connectivity index (χ2v) is 6.24. The fourth-order valence-electron chi connectivity index (χ4n) is 3.19. The van der Waals surface area contributed by atoms with Gasteiger partial charge < -0.3 is 14.6 Å². The molecule has 0 bridgehead atoms. The highest BCUT2D eigenvalue weighted by atomic mass is 19.1. The minimum absolute atomic E-state index is 0.0943. The van der Waals surface area contributed by atoms with Crippen LogP contribution in [-0.4, -0.2) is 27.8 Å². The second-order valence-electron chi connectivity index (χ2n) is 6.24. The van der Waals surface area contributed by atoms with E-state index in [2.05, 4.69) is 20.4 Å². The molecule has 1 aliphatic heterocycles. The van der Waals surface area contributed by atoms with Gasteiger partial charge in [-0.1, -0.05) is 11.2 Å². The van der Waals surface area contributed by atoms with Crippen molar-refractivity contribution in [3.63, 3.8) is 0 Å². The van der Waals surface area contributed by atoms with E-state index in [0.29, 0.717) is 35.7 Å². The van der Waals surface area contributed by atoms with Crippen LogP contribution in [0.2, 0.25) is 0 Å². The van der Waals surface area contributed by atoms with E-state index in [1.807, 2.05) is 0 Å². The third-order valence-electron chi connectivity index (χ3n) is 4.41. The largest absolute Gasteiger partial charge is 0.364 e. The van der Waals surface area contributed by atoms with Crippen LogP contribution >= 0.6 is 0 Å². The first kappa shape index (κ1) is 16.1. The summed E-state index contributed by atoms with van der Waals surface area (Å²) in [7, 11) is 0. The molecule has 0 spiro atoms.